The summed E-state index contributed by atoms with van der Waals surface area (Å²) in [5.41, 5.74) is -1.19. The van der Waals surface area contributed by atoms with E-state index < -0.39 is 139 Å². The van der Waals surface area contributed by atoms with Crippen molar-refractivity contribution in [3.8, 4) is 5.75 Å². The summed E-state index contributed by atoms with van der Waals surface area (Å²) in [5, 5.41) is 66.6. The zero-order valence-corrected chi connectivity index (χ0v) is 38.5. The van der Waals surface area contributed by atoms with Crippen LogP contribution >= 0.6 is 11.8 Å². The van der Waals surface area contributed by atoms with Crippen molar-refractivity contribution >= 4 is 76.7 Å². The molecule has 0 aliphatic heterocycles. The Balaban J connectivity index is 2.21. The number of thioether (sulfide) groups is 1. The predicted octanol–water partition coefficient (Wildman–Crippen LogP) is -3.63. The Morgan fingerprint density at radius 3 is 1.78 bits per heavy atom. The molecular weight excluding hydrogens is 917 g/mol. The van der Waals surface area contributed by atoms with Gasteiger partial charge in [-0.1, -0.05) is 42.5 Å². The van der Waals surface area contributed by atoms with E-state index >= 15 is 0 Å². The first-order valence-corrected chi connectivity index (χ1v) is 22.3. The number of carboxylic acids is 2. The number of ketones is 1. The third kappa shape index (κ3) is 19.0. The normalized spacial score (nSPS) is 14.3. The highest BCUT2D eigenvalue weighted by molar-refractivity contribution is 7.98. The van der Waals surface area contributed by atoms with Crippen LogP contribution in [0.2, 0.25) is 0 Å². The lowest BCUT2D eigenvalue weighted by molar-refractivity contribution is -0.144. The van der Waals surface area contributed by atoms with Gasteiger partial charge < -0.3 is 68.1 Å². The first-order chi connectivity index (χ1) is 32.0. The standard InChI is InChI=1S/C43H58N8O16S/c1-23(53)36(40(64)49-32(22-52)39(63)48-30(41(65)66)14-15-35(59)60)50-37(61)29(16-17-68-4)47-38(62)31(18-26-8-6-5-7-9-26)46-34(58)21-44-33(57)20-45-42(67)43(24(2)54,51-25(3)55)19-27-10-12-28(56)13-11-27/h5-13,23,29-32,36,52-53,56H,14-22H2,1-4H3,(H,44,57)(H,45,67)(H,46,58)(H,47,62)(H,48,63)(H,49,64)(H,50,61)(H,51,55)(H,59,60)(H,65,66)/t23-,29+,30+,31+,32+,36+,43+/m1/s1. The number of aliphatic hydroxyl groups is 2. The van der Waals surface area contributed by atoms with Crippen LogP contribution in [0.25, 0.3) is 0 Å². The van der Waals surface area contributed by atoms with E-state index in [0.717, 1.165) is 20.8 Å². The number of phenols is 1. The molecule has 0 aliphatic rings. The van der Waals surface area contributed by atoms with Gasteiger partial charge in [0.1, 0.15) is 36.0 Å². The van der Waals surface area contributed by atoms with Crippen LogP contribution in [0.1, 0.15) is 51.2 Å². The van der Waals surface area contributed by atoms with E-state index in [1.54, 1.807) is 36.6 Å². The Kier molecular flexibility index (Phi) is 23.6. The highest BCUT2D eigenvalue weighted by atomic mass is 32.2. The molecular formula is C43H58N8O16S. The highest BCUT2D eigenvalue weighted by Gasteiger charge is 2.44. The third-order valence-corrected chi connectivity index (χ3v) is 10.6. The van der Waals surface area contributed by atoms with Crippen molar-refractivity contribution in [2.45, 2.75) is 94.7 Å². The Morgan fingerprint density at radius 1 is 0.662 bits per heavy atom. The molecule has 8 amide bonds. The number of nitrogens with one attached hydrogen (secondary N) is 8. The fourth-order valence-electron chi connectivity index (χ4n) is 6.32. The Morgan fingerprint density at radius 2 is 1.24 bits per heavy atom. The van der Waals surface area contributed by atoms with Crippen molar-refractivity contribution in [3.05, 3.63) is 65.7 Å². The molecule has 0 saturated heterocycles. The van der Waals surface area contributed by atoms with Crippen molar-refractivity contribution in [2.75, 3.05) is 31.7 Å². The molecule has 0 radical (unpaired) electrons. The van der Waals surface area contributed by atoms with Crippen LogP contribution in [-0.2, 0) is 65.6 Å². The molecule has 0 aromatic heterocycles. The van der Waals surface area contributed by atoms with Crippen LogP contribution < -0.4 is 42.5 Å². The number of aromatic hydroxyl groups is 1. The van der Waals surface area contributed by atoms with Crippen LogP contribution in [0.5, 0.6) is 5.75 Å². The van der Waals surface area contributed by atoms with Crippen LogP contribution in [0, 0.1) is 0 Å². The van der Waals surface area contributed by atoms with Crippen LogP contribution in [0.15, 0.2) is 54.6 Å². The number of hydrogen-bond acceptors (Lipinski definition) is 15. The lowest BCUT2D eigenvalue weighted by Gasteiger charge is -2.30. The van der Waals surface area contributed by atoms with Gasteiger partial charge in [0.05, 0.1) is 25.8 Å². The number of benzene rings is 2. The molecule has 0 spiro atoms. The van der Waals surface area contributed by atoms with Gasteiger partial charge in [-0.2, -0.15) is 11.8 Å². The summed E-state index contributed by atoms with van der Waals surface area (Å²) in [5.74, 6) is -11.4. The van der Waals surface area contributed by atoms with Gasteiger partial charge in [-0.3, -0.25) is 47.9 Å². The molecule has 2 aromatic rings. The molecule has 372 valence electrons. The minimum Gasteiger partial charge on any atom is -0.508 e. The Hall–Kier alpha value is -7.12. The maximum Gasteiger partial charge on any atom is 0.326 e. The van der Waals surface area contributed by atoms with Crippen molar-refractivity contribution < 1.29 is 78.3 Å². The summed E-state index contributed by atoms with van der Waals surface area (Å²) in [6, 6.07) is 5.76. The van der Waals surface area contributed by atoms with Crippen LogP contribution in [-0.4, -0.2) is 164 Å². The number of hydrogen-bond donors (Lipinski definition) is 13. The maximum absolute atomic E-state index is 13.9. The predicted molar refractivity (Wildman–Crippen MR) is 241 cm³/mol. The van der Waals surface area contributed by atoms with Crippen molar-refractivity contribution in [1.82, 2.24) is 42.5 Å². The zero-order valence-electron chi connectivity index (χ0n) is 37.7. The largest absolute Gasteiger partial charge is 0.508 e. The topological polar surface area (TPSA) is 385 Å². The lowest BCUT2D eigenvalue weighted by atomic mass is 9.85. The van der Waals surface area contributed by atoms with Gasteiger partial charge in [0.2, 0.25) is 41.4 Å². The number of rotatable bonds is 29. The Labute approximate surface area is 394 Å². The molecule has 68 heavy (non-hydrogen) atoms. The minimum atomic E-state index is -2.14. The molecule has 13 N–H and O–H groups in total. The summed E-state index contributed by atoms with van der Waals surface area (Å²) in [7, 11) is 0. The van der Waals surface area contributed by atoms with Gasteiger partial charge in [-0.05, 0) is 62.0 Å². The molecule has 2 aromatic carbocycles. The van der Waals surface area contributed by atoms with E-state index in [0.29, 0.717) is 11.1 Å². The number of carboxylic acid groups (broad SMARTS) is 2. The van der Waals surface area contributed by atoms with Crippen LogP contribution in [0.3, 0.4) is 0 Å². The van der Waals surface area contributed by atoms with E-state index in [9.17, 15) is 73.2 Å². The van der Waals surface area contributed by atoms with E-state index in [4.69, 9.17) is 5.11 Å². The monoisotopic (exact) mass is 974 g/mol. The molecule has 0 bridgehead atoms. The van der Waals surface area contributed by atoms with Crippen LogP contribution in [0.4, 0.5) is 0 Å². The van der Waals surface area contributed by atoms with Crippen molar-refractivity contribution in [1.29, 1.82) is 0 Å². The number of aliphatic carboxylic acids is 2. The summed E-state index contributed by atoms with van der Waals surface area (Å²) < 4.78 is 0. The number of carbonyl (C=O) groups excluding carboxylic acids is 9. The average Bonchev–Trinajstić information content (AvgIpc) is 3.28. The van der Waals surface area contributed by atoms with Gasteiger partial charge in [-0.25, -0.2) is 4.79 Å². The minimum absolute atomic E-state index is 0.0446. The Bertz CT molecular complexity index is 2130. The summed E-state index contributed by atoms with van der Waals surface area (Å²) in [6.45, 7) is 0.724. The summed E-state index contributed by atoms with van der Waals surface area (Å²) in [6.07, 6.45) is -1.59. The molecule has 0 aliphatic carbocycles. The molecule has 0 unspecified atom stereocenters. The van der Waals surface area contributed by atoms with Crippen molar-refractivity contribution in [3.63, 3.8) is 0 Å². The fraction of sp³-hybridized carbons (Fsp3) is 0.465. The average molecular weight is 975 g/mol. The van der Waals surface area contributed by atoms with E-state index in [-0.39, 0.29) is 30.8 Å². The number of phenolic OH excluding ortho intramolecular Hbond substituents is 1. The molecule has 25 heteroatoms. The second-order valence-corrected chi connectivity index (χ2v) is 16.4. The maximum atomic E-state index is 13.9. The van der Waals surface area contributed by atoms with E-state index in [2.05, 4.69) is 37.2 Å². The second-order valence-electron chi connectivity index (χ2n) is 15.4. The number of amides is 8. The zero-order chi connectivity index (χ0) is 51.1. The third-order valence-electron chi connectivity index (χ3n) is 9.96. The SMILES string of the molecule is CSCC[C@H](NC(=O)[C@H](Cc1ccccc1)NC(=O)CNC(=O)CNC(=O)[C@@](Cc1ccc(O)cc1)(NC(C)=O)C(C)=O)C(=O)N[C@H](C(=O)N[C@@H](CO)C(=O)N[C@@H](CCC(=O)O)C(=O)O)[C@@H](C)O. The number of Topliss-reactive ketones (excluding diaryl/α,β-unsaturated/α-hetero) is 1. The van der Waals surface area contributed by atoms with Gasteiger partial charge in [0.25, 0.3) is 5.91 Å². The lowest BCUT2D eigenvalue weighted by Crippen LogP contribution is -2.64. The summed E-state index contributed by atoms with van der Waals surface area (Å²) >= 11 is 1.29. The van der Waals surface area contributed by atoms with Gasteiger partial charge in [0.15, 0.2) is 11.3 Å². The fourth-order valence-corrected chi connectivity index (χ4v) is 6.79. The van der Waals surface area contributed by atoms with E-state index in [1.165, 1.54) is 36.0 Å². The molecule has 2 rings (SSSR count). The quantitative estimate of drug-likeness (QED) is 0.0350. The number of carbonyl (C=O) groups is 11. The first kappa shape index (κ1) is 57.0. The van der Waals surface area contributed by atoms with Gasteiger partial charge in [-0.15, -0.1) is 0 Å². The van der Waals surface area contributed by atoms with Gasteiger partial charge >= 0.3 is 11.9 Å². The first-order valence-electron chi connectivity index (χ1n) is 20.9. The molecule has 0 fully saturated rings. The molecule has 7 atom stereocenters. The number of aliphatic hydroxyl groups excluding tert-OH is 2. The molecule has 0 heterocycles. The molecule has 24 nitrogen and oxygen atoms in total. The van der Waals surface area contributed by atoms with Gasteiger partial charge in [0, 0.05) is 26.2 Å². The van der Waals surface area contributed by atoms with Crippen molar-refractivity contribution in [2.24, 2.45) is 0 Å². The smallest absolute Gasteiger partial charge is 0.326 e. The highest BCUT2D eigenvalue weighted by Crippen LogP contribution is 2.19. The second kappa shape index (κ2) is 28.1. The molecule has 0 saturated carbocycles. The summed E-state index contributed by atoms with van der Waals surface area (Å²) in [4.78, 5) is 141. The van der Waals surface area contributed by atoms with E-state index in [1.807, 2.05) is 5.32 Å².